The fraction of sp³-hybridized carbons (Fsp3) is 0.952. The predicted octanol–water partition coefficient (Wildman–Crippen LogP) is 3.26. The molecule has 166 valence electrons. The maximum absolute atomic E-state index is 5.80. The standard InChI is InChI=1S/C21H42N4O2.HI/c1-22-21(23-11-4-2-5-13-25-14-6-3-7-15-25)24-12-8-16-27-19-20-9-17-26-18-10-20;/h20H,2-19H2,1H3,(H2,22,23,24);1H. The van der Waals surface area contributed by atoms with Gasteiger partial charge < -0.3 is 25.0 Å². The normalized spacial score (nSPS) is 19.2. The topological polar surface area (TPSA) is 58.1 Å². The molecule has 0 unspecified atom stereocenters. The molecular weight excluding hydrogens is 467 g/mol. The van der Waals surface area contributed by atoms with E-state index in [1.165, 1.54) is 58.2 Å². The van der Waals surface area contributed by atoms with E-state index in [1.54, 1.807) is 0 Å². The van der Waals surface area contributed by atoms with Crippen molar-refractivity contribution in [1.29, 1.82) is 0 Å². The summed E-state index contributed by atoms with van der Waals surface area (Å²) >= 11 is 0. The second-order valence-corrected chi connectivity index (χ2v) is 7.87. The molecule has 2 aliphatic heterocycles. The molecule has 6 nitrogen and oxygen atoms in total. The van der Waals surface area contributed by atoms with Crippen LogP contribution in [0.3, 0.4) is 0 Å². The lowest BCUT2D eigenvalue weighted by molar-refractivity contribution is 0.0203. The third kappa shape index (κ3) is 12.4. The molecule has 2 rings (SSSR count). The number of piperidine rings is 1. The molecule has 2 saturated heterocycles. The van der Waals surface area contributed by atoms with Crippen molar-refractivity contribution in [3.63, 3.8) is 0 Å². The van der Waals surface area contributed by atoms with E-state index in [1.807, 2.05) is 7.05 Å². The molecule has 2 heterocycles. The van der Waals surface area contributed by atoms with Gasteiger partial charge in [-0.25, -0.2) is 0 Å². The van der Waals surface area contributed by atoms with Crippen LogP contribution in [-0.4, -0.2) is 77.1 Å². The van der Waals surface area contributed by atoms with E-state index < -0.39 is 0 Å². The average molecular weight is 511 g/mol. The molecule has 2 N–H and O–H groups in total. The Morgan fingerprint density at radius 1 is 1.00 bits per heavy atom. The quantitative estimate of drug-likeness (QED) is 0.183. The number of unbranched alkanes of at least 4 members (excludes halogenated alkanes) is 2. The van der Waals surface area contributed by atoms with Crippen molar-refractivity contribution >= 4 is 29.9 Å². The number of hydrogen-bond donors (Lipinski definition) is 2. The van der Waals surface area contributed by atoms with Crippen LogP contribution in [0.4, 0.5) is 0 Å². The van der Waals surface area contributed by atoms with Crippen molar-refractivity contribution in [1.82, 2.24) is 15.5 Å². The molecular formula is C21H43IN4O2. The number of guanidine groups is 1. The predicted molar refractivity (Wildman–Crippen MR) is 128 cm³/mol. The van der Waals surface area contributed by atoms with E-state index in [0.29, 0.717) is 5.92 Å². The molecule has 28 heavy (non-hydrogen) atoms. The van der Waals surface area contributed by atoms with Gasteiger partial charge in [0.2, 0.25) is 0 Å². The second kappa shape index (κ2) is 17.7. The van der Waals surface area contributed by atoms with Crippen LogP contribution in [0.15, 0.2) is 4.99 Å². The molecule has 0 bridgehead atoms. The zero-order valence-corrected chi connectivity index (χ0v) is 20.3. The van der Waals surface area contributed by atoms with Crippen molar-refractivity contribution in [3.8, 4) is 0 Å². The van der Waals surface area contributed by atoms with Crippen molar-refractivity contribution < 1.29 is 9.47 Å². The van der Waals surface area contributed by atoms with Gasteiger partial charge in [-0.3, -0.25) is 4.99 Å². The van der Waals surface area contributed by atoms with Gasteiger partial charge in [0, 0.05) is 46.6 Å². The molecule has 0 spiro atoms. The van der Waals surface area contributed by atoms with Gasteiger partial charge in [0.25, 0.3) is 0 Å². The Bertz CT molecular complexity index is 355. The number of nitrogens with one attached hydrogen (secondary N) is 2. The Hall–Kier alpha value is -0.120. The Kier molecular flexibility index (Phi) is 16.4. The lowest BCUT2D eigenvalue weighted by Crippen LogP contribution is -2.38. The van der Waals surface area contributed by atoms with Crippen LogP contribution in [0, 0.1) is 5.92 Å². The zero-order chi connectivity index (χ0) is 19.0. The fourth-order valence-corrected chi connectivity index (χ4v) is 3.79. The molecule has 0 saturated carbocycles. The summed E-state index contributed by atoms with van der Waals surface area (Å²) in [4.78, 5) is 6.93. The van der Waals surface area contributed by atoms with E-state index in [0.717, 1.165) is 64.7 Å². The van der Waals surface area contributed by atoms with Crippen LogP contribution in [0.25, 0.3) is 0 Å². The number of nitrogens with zero attached hydrogens (tertiary/aromatic N) is 2. The first-order valence-corrected chi connectivity index (χ1v) is 11.2. The molecule has 2 fully saturated rings. The smallest absolute Gasteiger partial charge is 0.190 e. The van der Waals surface area contributed by atoms with Gasteiger partial charge in [0.05, 0.1) is 0 Å². The molecule has 0 radical (unpaired) electrons. The number of hydrogen-bond acceptors (Lipinski definition) is 4. The van der Waals surface area contributed by atoms with Gasteiger partial charge in [-0.05, 0) is 70.5 Å². The molecule has 0 aromatic heterocycles. The van der Waals surface area contributed by atoms with Gasteiger partial charge in [0.15, 0.2) is 5.96 Å². The Balaban J connectivity index is 0.00000392. The summed E-state index contributed by atoms with van der Waals surface area (Å²) in [5.41, 5.74) is 0. The number of halogens is 1. The first-order valence-electron chi connectivity index (χ1n) is 11.2. The third-order valence-corrected chi connectivity index (χ3v) is 5.57. The third-order valence-electron chi connectivity index (χ3n) is 5.57. The Morgan fingerprint density at radius 2 is 1.71 bits per heavy atom. The van der Waals surface area contributed by atoms with Crippen LogP contribution >= 0.6 is 24.0 Å². The van der Waals surface area contributed by atoms with Crippen LogP contribution in [0.5, 0.6) is 0 Å². The number of aliphatic imine (C=N–C) groups is 1. The Labute approximate surface area is 189 Å². The minimum Gasteiger partial charge on any atom is -0.381 e. The molecule has 0 aromatic rings. The maximum atomic E-state index is 5.80. The zero-order valence-electron chi connectivity index (χ0n) is 17.9. The second-order valence-electron chi connectivity index (χ2n) is 7.87. The fourth-order valence-electron chi connectivity index (χ4n) is 3.79. The van der Waals surface area contributed by atoms with Crippen LogP contribution in [0.1, 0.15) is 57.8 Å². The van der Waals surface area contributed by atoms with Gasteiger partial charge in [-0.15, -0.1) is 24.0 Å². The van der Waals surface area contributed by atoms with Gasteiger partial charge in [-0.1, -0.05) is 12.8 Å². The lowest BCUT2D eigenvalue weighted by atomic mass is 10.0. The van der Waals surface area contributed by atoms with E-state index >= 15 is 0 Å². The summed E-state index contributed by atoms with van der Waals surface area (Å²) < 4.78 is 11.2. The molecule has 7 heteroatoms. The first kappa shape index (κ1) is 25.9. The Morgan fingerprint density at radius 3 is 2.43 bits per heavy atom. The van der Waals surface area contributed by atoms with Crippen LogP contribution < -0.4 is 10.6 Å². The van der Waals surface area contributed by atoms with Crippen LogP contribution in [-0.2, 0) is 9.47 Å². The monoisotopic (exact) mass is 510 g/mol. The SMILES string of the molecule is CN=C(NCCCCCN1CCCCC1)NCCCOCC1CCOCC1.I. The lowest BCUT2D eigenvalue weighted by Gasteiger charge is -2.26. The average Bonchev–Trinajstić information content (AvgIpc) is 2.73. The highest BCUT2D eigenvalue weighted by molar-refractivity contribution is 14.0. The maximum Gasteiger partial charge on any atom is 0.190 e. The highest BCUT2D eigenvalue weighted by Gasteiger charge is 2.13. The number of likely N-dealkylation sites (tertiary alicyclic amines) is 1. The van der Waals surface area contributed by atoms with Crippen molar-refractivity contribution in [3.05, 3.63) is 0 Å². The van der Waals surface area contributed by atoms with E-state index in [9.17, 15) is 0 Å². The van der Waals surface area contributed by atoms with Crippen molar-refractivity contribution in [2.45, 2.75) is 57.8 Å². The summed E-state index contributed by atoms with van der Waals surface area (Å²) in [5.74, 6) is 1.60. The summed E-state index contributed by atoms with van der Waals surface area (Å²) in [7, 11) is 1.84. The van der Waals surface area contributed by atoms with Gasteiger partial charge >= 0.3 is 0 Å². The van der Waals surface area contributed by atoms with Gasteiger partial charge in [-0.2, -0.15) is 0 Å². The van der Waals surface area contributed by atoms with E-state index in [-0.39, 0.29) is 24.0 Å². The summed E-state index contributed by atoms with van der Waals surface area (Å²) in [6, 6.07) is 0. The van der Waals surface area contributed by atoms with E-state index in [4.69, 9.17) is 9.47 Å². The largest absolute Gasteiger partial charge is 0.381 e. The summed E-state index contributed by atoms with van der Waals surface area (Å²) in [5, 5.41) is 6.80. The van der Waals surface area contributed by atoms with Crippen molar-refractivity contribution in [2.24, 2.45) is 10.9 Å². The van der Waals surface area contributed by atoms with Crippen LogP contribution in [0.2, 0.25) is 0 Å². The van der Waals surface area contributed by atoms with E-state index in [2.05, 4.69) is 20.5 Å². The van der Waals surface area contributed by atoms with Gasteiger partial charge in [0.1, 0.15) is 0 Å². The molecule has 0 aliphatic carbocycles. The number of rotatable bonds is 12. The molecule has 0 aromatic carbocycles. The number of ether oxygens (including phenoxy) is 2. The first-order chi connectivity index (χ1) is 13.4. The highest BCUT2D eigenvalue weighted by Crippen LogP contribution is 2.14. The molecule has 0 atom stereocenters. The molecule has 2 aliphatic rings. The minimum atomic E-state index is 0. The minimum absolute atomic E-state index is 0. The highest BCUT2D eigenvalue weighted by atomic mass is 127. The summed E-state index contributed by atoms with van der Waals surface area (Å²) in [6.45, 7) is 9.31. The van der Waals surface area contributed by atoms with Crippen molar-refractivity contribution in [2.75, 3.05) is 66.2 Å². The molecule has 0 amide bonds. The summed E-state index contributed by atoms with van der Waals surface area (Å²) in [6.07, 6.45) is 11.3.